The maximum absolute atomic E-state index is 12.0. The van der Waals surface area contributed by atoms with Crippen LogP contribution in [0.15, 0.2) is 36.7 Å². The van der Waals surface area contributed by atoms with Crippen LogP contribution in [0.2, 0.25) is 0 Å². The zero-order valence-electron chi connectivity index (χ0n) is 20.7. The highest BCUT2D eigenvalue weighted by Crippen LogP contribution is 2.33. The number of carbonyl (C=O) groups excluding carboxylic acids is 2. The average molecular weight is 481 g/mol. The fourth-order valence-corrected chi connectivity index (χ4v) is 4.20. The highest BCUT2D eigenvalue weighted by Gasteiger charge is 2.26. The molecule has 2 aromatic heterocycles. The summed E-state index contributed by atoms with van der Waals surface area (Å²) in [5, 5.41) is 5.69. The number of pyridine rings is 2. The molecule has 1 aliphatic rings. The van der Waals surface area contributed by atoms with Crippen LogP contribution < -0.4 is 10.2 Å². The van der Waals surface area contributed by atoms with Crippen LogP contribution in [0, 0.1) is 0 Å². The van der Waals surface area contributed by atoms with Crippen LogP contribution in [0.3, 0.4) is 0 Å². The standard InChI is InChI=1S/C26H32N4O5/c1-26(2,3)35-25(32)28-10-5-13-34-18-9-12-30(16-18)23-20-8-11-27-15-21(20)19-7-6-17(24(31)33-4)14-22(19)29-23/h6-8,11,14-15,18H,5,9-10,12-13,16H2,1-4H3,(H,28,32)/t18-/m0/s1. The number of carbonyl (C=O) groups is 2. The molecule has 3 heterocycles. The number of hydrogen-bond acceptors (Lipinski definition) is 8. The molecule has 1 N–H and O–H groups in total. The van der Waals surface area contributed by atoms with Crippen molar-refractivity contribution < 1.29 is 23.8 Å². The van der Waals surface area contributed by atoms with E-state index < -0.39 is 17.7 Å². The van der Waals surface area contributed by atoms with Crippen molar-refractivity contribution in [2.75, 3.05) is 38.3 Å². The Labute approximate surface area is 204 Å². The Bertz CT molecular complexity index is 1220. The number of nitrogens with one attached hydrogen (secondary N) is 1. The first kappa shape index (κ1) is 24.7. The molecular formula is C26H32N4O5. The second-order valence-corrected chi connectivity index (χ2v) is 9.59. The Hall–Kier alpha value is -3.46. The van der Waals surface area contributed by atoms with Crippen LogP contribution in [0.1, 0.15) is 44.0 Å². The number of anilines is 1. The molecule has 1 fully saturated rings. The van der Waals surface area contributed by atoms with Crippen molar-refractivity contribution in [3.05, 3.63) is 42.2 Å². The van der Waals surface area contributed by atoms with Crippen molar-refractivity contribution in [3.63, 3.8) is 0 Å². The van der Waals surface area contributed by atoms with Gasteiger partial charge in [0.25, 0.3) is 0 Å². The molecule has 186 valence electrons. The van der Waals surface area contributed by atoms with E-state index in [2.05, 4.69) is 15.2 Å². The van der Waals surface area contributed by atoms with Gasteiger partial charge in [0.2, 0.25) is 0 Å². The molecule has 0 saturated carbocycles. The summed E-state index contributed by atoms with van der Waals surface area (Å²) in [6.07, 6.45) is 4.85. The van der Waals surface area contributed by atoms with Gasteiger partial charge in [0, 0.05) is 54.8 Å². The van der Waals surface area contributed by atoms with Crippen LogP contribution in [0.5, 0.6) is 0 Å². The summed E-state index contributed by atoms with van der Waals surface area (Å²) in [4.78, 5) is 35.2. The number of methoxy groups -OCH3 is 1. The molecule has 0 unspecified atom stereocenters. The molecule has 0 radical (unpaired) electrons. The minimum Gasteiger partial charge on any atom is -0.465 e. The van der Waals surface area contributed by atoms with Gasteiger partial charge in [-0.2, -0.15) is 0 Å². The maximum atomic E-state index is 12.0. The summed E-state index contributed by atoms with van der Waals surface area (Å²) in [7, 11) is 1.37. The minimum absolute atomic E-state index is 0.0762. The molecule has 4 rings (SSSR count). The van der Waals surface area contributed by atoms with Crippen molar-refractivity contribution >= 4 is 39.6 Å². The Morgan fingerprint density at radius 3 is 2.77 bits per heavy atom. The Morgan fingerprint density at radius 1 is 1.17 bits per heavy atom. The second kappa shape index (κ2) is 10.4. The highest BCUT2D eigenvalue weighted by atomic mass is 16.6. The Balaban J connectivity index is 1.41. The highest BCUT2D eigenvalue weighted by molar-refractivity contribution is 6.11. The first-order valence-electron chi connectivity index (χ1n) is 11.8. The number of rotatable bonds is 7. The third-order valence-electron chi connectivity index (χ3n) is 5.78. The van der Waals surface area contributed by atoms with Gasteiger partial charge in [0.1, 0.15) is 11.4 Å². The number of ether oxygens (including phenoxy) is 3. The van der Waals surface area contributed by atoms with Crippen molar-refractivity contribution in [3.8, 4) is 0 Å². The van der Waals surface area contributed by atoms with Crippen LogP contribution in [0.25, 0.3) is 21.7 Å². The molecule has 35 heavy (non-hydrogen) atoms. The van der Waals surface area contributed by atoms with Crippen LogP contribution in [-0.4, -0.2) is 67.1 Å². The molecule has 1 aliphatic heterocycles. The van der Waals surface area contributed by atoms with E-state index in [4.69, 9.17) is 19.2 Å². The lowest BCUT2D eigenvalue weighted by molar-refractivity contribution is 0.0494. The van der Waals surface area contributed by atoms with E-state index in [9.17, 15) is 9.59 Å². The van der Waals surface area contributed by atoms with Gasteiger partial charge in [-0.1, -0.05) is 6.07 Å². The molecule has 0 spiro atoms. The van der Waals surface area contributed by atoms with Gasteiger partial charge >= 0.3 is 12.1 Å². The molecule has 1 aromatic carbocycles. The number of amides is 1. The van der Waals surface area contributed by atoms with E-state index in [0.717, 1.165) is 40.5 Å². The molecule has 1 saturated heterocycles. The van der Waals surface area contributed by atoms with E-state index >= 15 is 0 Å². The third kappa shape index (κ3) is 5.97. The normalized spacial score (nSPS) is 16.0. The number of fused-ring (bicyclic) bond motifs is 3. The predicted molar refractivity (Wildman–Crippen MR) is 134 cm³/mol. The lowest BCUT2D eigenvalue weighted by Gasteiger charge is -2.21. The van der Waals surface area contributed by atoms with Crippen molar-refractivity contribution in [1.29, 1.82) is 0 Å². The number of benzene rings is 1. The second-order valence-electron chi connectivity index (χ2n) is 9.59. The lowest BCUT2D eigenvalue weighted by atomic mass is 10.1. The first-order chi connectivity index (χ1) is 16.7. The Morgan fingerprint density at radius 2 is 2.00 bits per heavy atom. The van der Waals surface area contributed by atoms with E-state index in [1.54, 1.807) is 18.3 Å². The molecule has 1 atom stereocenters. The predicted octanol–water partition coefficient (Wildman–Crippen LogP) is 4.08. The van der Waals surface area contributed by atoms with Crippen molar-refractivity contribution in [2.45, 2.75) is 45.3 Å². The van der Waals surface area contributed by atoms with Gasteiger partial charge < -0.3 is 24.4 Å². The van der Waals surface area contributed by atoms with Gasteiger partial charge in [0.15, 0.2) is 0 Å². The summed E-state index contributed by atoms with van der Waals surface area (Å²) in [5.74, 6) is 0.465. The summed E-state index contributed by atoms with van der Waals surface area (Å²) < 4.78 is 16.2. The van der Waals surface area contributed by atoms with E-state index in [1.807, 2.05) is 39.1 Å². The number of alkyl carbamates (subject to hydrolysis) is 1. The summed E-state index contributed by atoms with van der Waals surface area (Å²) in [6.45, 7) is 8.08. The van der Waals surface area contributed by atoms with Crippen molar-refractivity contribution in [2.24, 2.45) is 0 Å². The fraction of sp³-hybridized carbons (Fsp3) is 0.462. The van der Waals surface area contributed by atoms with Gasteiger partial charge in [-0.25, -0.2) is 14.6 Å². The summed E-state index contributed by atoms with van der Waals surface area (Å²) in [6, 6.07) is 7.38. The number of nitrogens with zero attached hydrogens (tertiary/aromatic N) is 3. The quantitative estimate of drug-likeness (QED) is 0.307. The Kier molecular flexibility index (Phi) is 7.35. The smallest absolute Gasteiger partial charge is 0.407 e. The monoisotopic (exact) mass is 480 g/mol. The zero-order valence-corrected chi connectivity index (χ0v) is 20.7. The molecule has 9 heteroatoms. The van der Waals surface area contributed by atoms with Crippen LogP contribution in [0.4, 0.5) is 10.6 Å². The number of aromatic nitrogens is 2. The first-order valence-corrected chi connectivity index (χ1v) is 11.8. The maximum Gasteiger partial charge on any atom is 0.407 e. The number of hydrogen-bond donors (Lipinski definition) is 1. The van der Waals surface area contributed by atoms with Crippen molar-refractivity contribution in [1.82, 2.24) is 15.3 Å². The molecule has 3 aromatic rings. The molecule has 0 aliphatic carbocycles. The molecule has 0 bridgehead atoms. The number of esters is 1. The van der Waals surface area contributed by atoms with Crippen LogP contribution >= 0.6 is 0 Å². The lowest BCUT2D eigenvalue weighted by Crippen LogP contribution is -2.33. The topological polar surface area (TPSA) is 103 Å². The van der Waals surface area contributed by atoms with E-state index in [-0.39, 0.29) is 6.10 Å². The van der Waals surface area contributed by atoms with Gasteiger partial charge in [-0.3, -0.25) is 4.98 Å². The van der Waals surface area contributed by atoms with Crippen LogP contribution in [-0.2, 0) is 14.2 Å². The third-order valence-corrected chi connectivity index (χ3v) is 5.78. The average Bonchev–Trinajstić information content (AvgIpc) is 3.30. The van der Waals surface area contributed by atoms with E-state index in [0.29, 0.717) is 31.7 Å². The fourth-order valence-electron chi connectivity index (χ4n) is 4.20. The molecular weight excluding hydrogens is 448 g/mol. The molecule has 1 amide bonds. The summed E-state index contributed by atoms with van der Waals surface area (Å²) >= 11 is 0. The van der Waals surface area contributed by atoms with Gasteiger partial charge in [0.05, 0.1) is 24.3 Å². The molecule has 9 nitrogen and oxygen atoms in total. The largest absolute Gasteiger partial charge is 0.465 e. The summed E-state index contributed by atoms with van der Waals surface area (Å²) in [5.41, 5.74) is 0.677. The van der Waals surface area contributed by atoms with Gasteiger partial charge in [-0.15, -0.1) is 0 Å². The minimum atomic E-state index is -0.508. The van der Waals surface area contributed by atoms with E-state index in [1.165, 1.54) is 7.11 Å². The SMILES string of the molecule is COC(=O)c1ccc2c(c1)nc(N1CC[C@H](OCCCNC(=O)OC(C)(C)C)C1)c1ccncc12. The zero-order chi connectivity index (χ0) is 25.0. The van der Waals surface area contributed by atoms with Gasteiger partial charge in [-0.05, 0) is 51.8 Å².